The average molecular weight is 662 g/mol. The Morgan fingerprint density at radius 2 is 0.809 bits per heavy atom. The topological polar surface area (TPSA) is 78.6 Å². The number of allylic oxidation sites excluding steroid dienone is 4. The number of hydrogen-bond donors (Lipinski definition) is 1. The molecule has 0 aromatic carbocycles. The third kappa shape index (κ3) is 29.1. The summed E-state index contributed by atoms with van der Waals surface area (Å²) in [6, 6.07) is 0. The lowest BCUT2D eigenvalue weighted by Gasteiger charge is -2.40. The van der Waals surface area contributed by atoms with Gasteiger partial charge in [0.1, 0.15) is 6.61 Å². The van der Waals surface area contributed by atoms with Crippen molar-refractivity contribution in [2.75, 3.05) is 6.61 Å². The van der Waals surface area contributed by atoms with Crippen LogP contribution in [0.1, 0.15) is 214 Å². The van der Waals surface area contributed by atoms with Crippen molar-refractivity contribution in [2.24, 2.45) is 5.73 Å². The van der Waals surface area contributed by atoms with Gasteiger partial charge in [0.05, 0.1) is 5.54 Å². The smallest absolute Gasteiger partial charge is 0.306 e. The van der Waals surface area contributed by atoms with Crippen molar-refractivity contribution < 1.29 is 19.1 Å². The lowest BCUT2D eigenvalue weighted by molar-refractivity contribution is -0.178. The summed E-state index contributed by atoms with van der Waals surface area (Å²) in [6.45, 7) is 9.93. The number of esters is 2. The number of carbonyl (C=O) groups excluding carboxylic acids is 2. The van der Waals surface area contributed by atoms with Crippen LogP contribution in [0.15, 0.2) is 24.3 Å². The minimum absolute atomic E-state index is 0.0154. The molecule has 0 aromatic heterocycles. The molecule has 0 radical (unpaired) electrons. The molecule has 0 aliphatic heterocycles. The summed E-state index contributed by atoms with van der Waals surface area (Å²) >= 11 is 0. The zero-order chi connectivity index (χ0) is 34.9. The van der Waals surface area contributed by atoms with Gasteiger partial charge in [0.25, 0.3) is 0 Å². The highest BCUT2D eigenvalue weighted by Crippen LogP contribution is 2.26. The lowest BCUT2D eigenvalue weighted by Crippen LogP contribution is -2.59. The van der Waals surface area contributed by atoms with Crippen molar-refractivity contribution in [3.63, 3.8) is 0 Å². The van der Waals surface area contributed by atoms with Crippen LogP contribution < -0.4 is 5.73 Å². The van der Waals surface area contributed by atoms with Gasteiger partial charge in [-0.1, -0.05) is 141 Å². The normalized spacial score (nSPS) is 13.4. The summed E-state index contributed by atoms with van der Waals surface area (Å²) in [5.41, 5.74) is 4.49. The Morgan fingerprint density at radius 3 is 1.17 bits per heavy atom. The van der Waals surface area contributed by atoms with Gasteiger partial charge in [-0.3, -0.25) is 9.59 Å². The van der Waals surface area contributed by atoms with E-state index in [2.05, 4.69) is 38.2 Å². The van der Waals surface area contributed by atoms with Crippen LogP contribution in [0.5, 0.6) is 0 Å². The van der Waals surface area contributed by atoms with Crippen LogP contribution in [-0.2, 0) is 19.1 Å². The number of rotatable bonds is 34. The Bertz CT molecular complexity index is 784. The average Bonchev–Trinajstić information content (AvgIpc) is 3.03. The fourth-order valence-electron chi connectivity index (χ4n) is 5.62. The standard InChI is InChI=1S/C42H79NO4/c1-6-8-10-12-14-16-18-20-22-24-26-28-30-32-34-36-39(44)46-38-42(5,41(3,4)43)47-40(45)37-35-33-31-29-27-25-23-21-19-17-15-13-11-9-7-2/h20-23H,6-19,24-38,43H2,1-5H3/b22-20-,23-21-. The van der Waals surface area contributed by atoms with E-state index in [1.165, 1.54) is 116 Å². The molecule has 0 amide bonds. The van der Waals surface area contributed by atoms with E-state index in [1.54, 1.807) is 6.92 Å². The molecule has 1 unspecified atom stereocenters. The van der Waals surface area contributed by atoms with Crippen LogP contribution in [0.4, 0.5) is 0 Å². The van der Waals surface area contributed by atoms with Gasteiger partial charge in [-0.05, 0) is 85.0 Å². The second-order valence-corrected chi connectivity index (χ2v) is 14.8. The van der Waals surface area contributed by atoms with E-state index in [1.807, 2.05) is 13.8 Å². The molecule has 0 saturated carbocycles. The van der Waals surface area contributed by atoms with Gasteiger partial charge in [0.15, 0.2) is 5.60 Å². The van der Waals surface area contributed by atoms with Gasteiger partial charge in [0.2, 0.25) is 0 Å². The van der Waals surface area contributed by atoms with E-state index in [0.29, 0.717) is 12.8 Å². The highest BCUT2D eigenvalue weighted by molar-refractivity contribution is 5.71. The van der Waals surface area contributed by atoms with Crippen LogP contribution in [0, 0.1) is 0 Å². The summed E-state index contributed by atoms with van der Waals surface area (Å²) in [5.74, 6) is -0.511. The Hall–Kier alpha value is -1.62. The molecule has 276 valence electrons. The third-order valence-corrected chi connectivity index (χ3v) is 9.50. The minimum atomic E-state index is -1.07. The Morgan fingerprint density at radius 1 is 0.489 bits per heavy atom. The second-order valence-electron chi connectivity index (χ2n) is 14.8. The molecule has 0 rings (SSSR count). The Kier molecular flexibility index (Phi) is 30.5. The number of ether oxygens (including phenoxy) is 2. The first kappa shape index (κ1) is 45.4. The van der Waals surface area contributed by atoms with Crippen LogP contribution in [0.3, 0.4) is 0 Å². The van der Waals surface area contributed by atoms with Gasteiger partial charge < -0.3 is 15.2 Å². The maximum atomic E-state index is 12.7. The first-order chi connectivity index (χ1) is 22.7. The minimum Gasteiger partial charge on any atom is -0.461 e. The number of unbranched alkanes of at least 4 members (excludes halogenated alkanes) is 22. The zero-order valence-corrected chi connectivity index (χ0v) is 32.0. The third-order valence-electron chi connectivity index (χ3n) is 9.50. The molecule has 47 heavy (non-hydrogen) atoms. The van der Waals surface area contributed by atoms with Gasteiger partial charge in [-0.2, -0.15) is 0 Å². The molecule has 0 aliphatic carbocycles. The summed E-state index contributed by atoms with van der Waals surface area (Å²) < 4.78 is 11.4. The van der Waals surface area contributed by atoms with Gasteiger partial charge in [-0.25, -0.2) is 0 Å². The highest BCUT2D eigenvalue weighted by atomic mass is 16.6. The monoisotopic (exact) mass is 662 g/mol. The second kappa shape index (κ2) is 31.6. The summed E-state index contributed by atoms with van der Waals surface area (Å²) in [7, 11) is 0. The highest BCUT2D eigenvalue weighted by Gasteiger charge is 2.43. The molecule has 0 heterocycles. The fraction of sp³-hybridized carbons (Fsp3) is 0.857. The Balaban J connectivity index is 3.95. The molecule has 5 heteroatoms. The predicted molar refractivity (Wildman–Crippen MR) is 203 cm³/mol. The Labute approximate surface area is 292 Å². The van der Waals surface area contributed by atoms with Crippen molar-refractivity contribution in [1.29, 1.82) is 0 Å². The van der Waals surface area contributed by atoms with E-state index in [-0.39, 0.29) is 18.5 Å². The summed E-state index contributed by atoms with van der Waals surface area (Å²) in [4.78, 5) is 25.1. The zero-order valence-electron chi connectivity index (χ0n) is 32.0. The SMILES string of the molecule is CCCCCCCC/C=C\CCCCCCCC(=O)OCC(C)(OC(=O)CCCCCCC/C=C\CCCCCCCC)C(C)(C)N. The molecule has 0 bridgehead atoms. The molecule has 0 aliphatic rings. The van der Waals surface area contributed by atoms with Crippen molar-refractivity contribution in [2.45, 2.75) is 226 Å². The molecule has 0 aromatic rings. The molecule has 1 atom stereocenters. The van der Waals surface area contributed by atoms with Crippen molar-refractivity contribution in [3.05, 3.63) is 24.3 Å². The van der Waals surface area contributed by atoms with Crippen LogP contribution in [-0.4, -0.2) is 29.7 Å². The van der Waals surface area contributed by atoms with E-state index < -0.39 is 11.1 Å². The van der Waals surface area contributed by atoms with Crippen molar-refractivity contribution in [3.8, 4) is 0 Å². The van der Waals surface area contributed by atoms with E-state index in [4.69, 9.17) is 15.2 Å². The van der Waals surface area contributed by atoms with Gasteiger partial charge in [-0.15, -0.1) is 0 Å². The summed E-state index contributed by atoms with van der Waals surface area (Å²) in [6.07, 6.45) is 41.9. The maximum Gasteiger partial charge on any atom is 0.306 e. The van der Waals surface area contributed by atoms with E-state index >= 15 is 0 Å². The van der Waals surface area contributed by atoms with Crippen molar-refractivity contribution >= 4 is 11.9 Å². The quantitative estimate of drug-likeness (QED) is 0.0422. The van der Waals surface area contributed by atoms with Crippen LogP contribution in [0.25, 0.3) is 0 Å². The fourth-order valence-corrected chi connectivity index (χ4v) is 5.62. The molecule has 0 spiro atoms. The molecular weight excluding hydrogens is 582 g/mol. The number of hydrogen-bond acceptors (Lipinski definition) is 5. The molecule has 2 N–H and O–H groups in total. The predicted octanol–water partition coefficient (Wildman–Crippen LogP) is 12.6. The molecule has 0 fully saturated rings. The summed E-state index contributed by atoms with van der Waals surface area (Å²) in [5, 5.41) is 0. The van der Waals surface area contributed by atoms with Crippen LogP contribution in [0.2, 0.25) is 0 Å². The van der Waals surface area contributed by atoms with Gasteiger partial charge in [0, 0.05) is 12.8 Å². The number of carbonyl (C=O) groups is 2. The maximum absolute atomic E-state index is 12.7. The first-order valence-electron chi connectivity index (χ1n) is 20.1. The van der Waals surface area contributed by atoms with Crippen LogP contribution >= 0.6 is 0 Å². The van der Waals surface area contributed by atoms with E-state index in [9.17, 15) is 9.59 Å². The van der Waals surface area contributed by atoms with Crippen molar-refractivity contribution in [1.82, 2.24) is 0 Å². The number of nitrogens with two attached hydrogens (primary N) is 1. The first-order valence-corrected chi connectivity index (χ1v) is 20.1. The largest absolute Gasteiger partial charge is 0.461 e. The van der Waals surface area contributed by atoms with Gasteiger partial charge >= 0.3 is 11.9 Å². The molecule has 0 saturated heterocycles. The molecule has 5 nitrogen and oxygen atoms in total. The molecular formula is C42H79NO4. The van der Waals surface area contributed by atoms with E-state index in [0.717, 1.165) is 51.4 Å². The lowest BCUT2D eigenvalue weighted by atomic mass is 9.85.